The first-order valence-corrected chi connectivity index (χ1v) is 7.15. The average molecular weight is 240 g/mol. The molecular formula is C12H16O3S. The standard InChI is InChI=1S/C12H16O3S/c1-9(13)11-4-6-12(7-5-11)16(14,15)8-10-2-3-10/h4-7,9-10,13H,2-3,8H2,1H3. The van der Waals surface area contributed by atoms with Gasteiger partial charge in [0.1, 0.15) is 0 Å². The predicted molar refractivity (Wildman–Crippen MR) is 61.9 cm³/mol. The van der Waals surface area contributed by atoms with E-state index < -0.39 is 15.9 Å². The highest BCUT2D eigenvalue weighted by atomic mass is 32.2. The Bertz CT molecular complexity index is 456. The molecule has 1 atom stereocenters. The largest absolute Gasteiger partial charge is 0.389 e. The fraction of sp³-hybridized carbons (Fsp3) is 0.500. The van der Waals surface area contributed by atoms with Gasteiger partial charge in [-0.15, -0.1) is 0 Å². The van der Waals surface area contributed by atoms with Crippen molar-refractivity contribution < 1.29 is 13.5 Å². The molecule has 3 nitrogen and oxygen atoms in total. The van der Waals surface area contributed by atoms with Gasteiger partial charge in [0.05, 0.1) is 16.8 Å². The van der Waals surface area contributed by atoms with Crippen LogP contribution in [0.15, 0.2) is 29.2 Å². The molecule has 1 aliphatic rings. The topological polar surface area (TPSA) is 54.4 Å². The van der Waals surface area contributed by atoms with Crippen molar-refractivity contribution in [2.75, 3.05) is 5.75 Å². The number of aliphatic hydroxyl groups is 1. The van der Waals surface area contributed by atoms with Crippen LogP contribution in [0.1, 0.15) is 31.4 Å². The zero-order valence-electron chi connectivity index (χ0n) is 9.26. The van der Waals surface area contributed by atoms with Gasteiger partial charge in [-0.2, -0.15) is 0 Å². The van der Waals surface area contributed by atoms with Gasteiger partial charge in [-0.1, -0.05) is 12.1 Å². The van der Waals surface area contributed by atoms with E-state index in [1.807, 2.05) is 0 Å². The minimum atomic E-state index is -3.12. The molecule has 1 saturated carbocycles. The van der Waals surface area contributed by atoms with Crippen molar-refractivity contribution in [1.29, 1.82) is 0 Å². The zero-order chi connectivity index (χ0) is 11.8. The molecule has 4 heteroatoms. The van der Waals surface area contributed by atoms with Crippen LogP contribution in [0.4, 0.5) is 0 Å². The highest BCUT2D eigenvalue weighted by molar-refractivity contribution is 7.91. The second kappa shape index (κ2) is 4.18. The van der Waals surface area contributed by atoms with Crippen molar-refractivity contribution in [2.45, 2.75) is 30.8 Å². The molecule has 88 valence electrons. The zero-order valence-corrected chi connectivity index (χ0v) is 10.1. The summed E-state index contributed by atoms with van der Waals surface area (Å²) < 4.78 is 23.8. The third kappa shape index (κ3) is 2.62. The van der Waals surface area contributed by atoms with Crippen molar-refractivity contribution in [3.05, 3.63) is 29.8 Å². The van der Waals surface area contributed by atoms with Crippen LogP contribution < -0.4 is 0 Å². The summed E-state index contributed by atoms with van der Waals surface area (Å²) in [5.74, 6) is 0.627. The summed E-state index contributed by atoms with van der Waals surface area (Å²) >= 11 is 0. The minimum absolute atomic E-state index is 0.265. The van der Waals surface area contributed by atoms with Crippen LogP contribution in [0.2, 0.25) is 0 Å². The summed E-state index contributed by atoms with van der Waals surface area (Å²) in [6.45, 7) is 1.66. The molecule has 1 aromatic carbocycles. The van der Waals surface area contributed by atoms with E-state index >= 15 is 0 Å². The number of hydrogen-bond acceptors (Lipinski definition) is 3. The van der Waals surface area contributed by atoms with E-state index in [-0.39, 0.29) is 5.75 Å². The molecule has 0 spiro atoms. The lowest BCUT2D eigenvalue weighted by Crippen LogP contribution is -2.08. The van der Waals surface area contributed by atoms with Crippen molar-refractivity contribution in [3.63, 3.8) is 0 Å². The van der Waals surface area contributed by atoms with Gasteiger partial charge in [0.25, 0.3) is 0 Å². The summed E-state index contributed by atoms with van der Waals surface area (Å²) in [5.41, 5.74) is 0.741. The molecule has 0 amide bonds. The lowest BCUT2D eigenvalue weighted by Gasteiger charge is -2.07. The Kier molecular flexibility index (Phi) is 3.04. The Balaban J connectivity index is 2.19. The van der Waals surface area contributed by atoms with Crippen LogP contribution in [-0.2, 0) is 9.84 Å². The van der Waals surface area contributed by atoms with E-state index in [0.29, 0.717) is 10.8 Å². The Morgan fingerprint density at radius 1 is 1.31 bits per heavy atom. The highest BCUT2D eigenvalue weighted by Crippen LogP contribution is 2.32. The molecule has 0 aromatic heterocycles. The van der Waals surface area contributed by atoms with Gasteiger partial charge >= 0.3 is 0 Å². The van der Waals surface area contributed by atoms with Crippen LogP contribution in [0.3, 0.4) is 0 Å². The van der Waals surface area contributed by atoms with Crippen LogP contribution in [0, 0.1) is 5.92 Å². The van der Waals surface area contributed by atoms with E-state index in [4.69, 9.17) is 0 Å². The lowest BCUT2D eigenvalue weighted by molar-refractivity contribution is 0.199. The molecule has 1 aromatic rings. The summed E-state index contributed by atoms with van der Waals surface area (Å²) in [6.07, 6.45) is 1.51. The Hall–Kier alpha value is -0.870. The van der Waals surface area contributed by atoms with Crippen molar-refractivity contribution in [2.24, 2.45) is 5.92 Å². The SMILES string of the molecule is CC(O)c1ccc(S(=O)(=O)CC2CC2)cc1. The Morgan fingerprint density at radius 3 is 2.31 bits per heavy atom. The number of sulfone groups is 1. The molecule has 1 fully saturated rings. The third-order valence-electron chi connectivity index (χ3n) is 2.87. The maximum absolute atomic E-state index is 11.9. The molecule has 0 aliphatic heterocycles. The normalized spacial score (nSPS) is 18.4. The van der Waals surface area contributed by atoms with E-state index in [1.54, 1.807) is 31.2 Å². The first-order chi connectivity index (χ1) is 7.49. The summed E-state index contributed by atoms with van der Waals surface area (Å²) in [5, 5.41) is 9.32. The van der Waals surface area contributed by atoms with Gasteiger partial charge in [0, 0.05) is 0 Å². The average Bonchev–Trinajstić information content (AvgIpc) is 3.01. The first kappa shape index (κ1) is 11.6. The predicted octanol–water partition coefficient (Wildman–Crippen LogP) is 1.92. The molecule has 0 saturated heterocycles. The second-order valence-corrected chi connectivity index (χ2v) is 6.50. The van der Waals surface area contributed by atoms with E-state index in [2.05, 4.69) is 0 Å². The molecule has 0 heterocycles. The molecular weight excluding hydrogens is 224 g/mol. The summed E-state index contributed by atoms with van der Waals surface area (Å²) in [7, 11) is -3.12. The number of benzene rings is 1. The van der Waals surface area contributed by atoms with Gasteiger partial charge in [-0.3, -0.25) is 0 Å². The fourth-order valence-corrected chi connectivity index (χ4v) is 3.34. The van der Waals surface area contributed by atoms with Crippen LogP contribution in [0.25, 0.3) is 0 Å². The fourth-order valence-electron chi connectivity index (χ4n) is 1.64. The van der Waals surface area contributed by atoms with Crippen molar-refractivity contribution in [3.8, 4) is 0 Å². The van der Waals surface area contributed by atoms with E-state index in [1.165, 1.54) is 0 Å². The number of hydrogen-bond donors (Lipinski definition) is 1. The monoisotopic (exact) mass is 240 g/mol. The maximum Gasteiger partial charge on any atom is 0.178 e. The molecule has 16 heavy (non-hydrogen) atoms. The van der Waals surface area contributed by atoms with Gasteiger partial charge in [-0.25, -0.2) is 8.42 Å². The van der Waals surface area contributed by atoms with Gasteiger partial charge < -0.3 is 5.11 Å². The minimum Gasteiger partial charge on any atom is -0.389 e. The second-order valence-electron chi connectivity index (χ2n) is 4.47. The lowest BCUT2D eigenvalue weighted by atomic mass is 10.1. The van der Waals surface area contributed by atoms with Crippen molar-refractivity contribution in [1.82, 2.24) is 0 Å². The maximum atomic E-state index is 11.9. The van der Waals surface area contributed by atoms with Gasteiger partial charge in [0.2, 0.25) is 0 Å². The van der Waals surface area contributed by atoms with Crippen LogP contribution >= 0.6 is 0 Å². The van der Waals surface area contributed by atoms with Gasteiger partial charge in [0.15, 0.2) is 9.84 Å². The van der Waals surface area contributed by atoms with Crippen LogP contribution in [-0.4, -0.2) is 19.3 Å². The van der Waals surface area contributed by atoms with E-state index in [9.17, 15) is 13.5 Å². The molecule has 0 radical (unpaired) electrons. The summed E-state index contributed by atoms with van der Waals surface area (Å²) in [6, 6.07) is 6.51. The van der Waals surface area contributed by atoms with Crippen molar-refractivity contribution >= 4 is 9.84 Å². The quantitative estimate of drug-likeness (QED) is 0.874. The molecule has 1 unspecified atom stereocenters. The van der Waals surface area contributed by atoms with Gasteiger partial charge in [-0.05, 0) is 43.4 Å². The highest BCUT2D eigenvalue weighted by Gasteiger charge is 2.28. The number of aliphatic hydroxyl groups excluding tert-OH is 1. The molecule has 2 rings (SSSR count). The molecule has 1 N–H and O–H groups in total. The third-order valence-corrected chi connectivity index (χ3v) is 4.77. The Labute approximate surface area is 96.0 Å². The Morgan fingerprint density at radius 2 is 1.88 bits per heavy atom. The molecule has 1 aliphatic carbocycles. The van der Waals surface area contributed by atoms with E-state index in [0.717, 1.165) is 18.4 Å². The first-order valence-electron chi connectivity index (χ1n) is 5.50. The number of rotatable bonds is 4. The smallest absolute Gasteiger partial charge is 0.178 e. The summed E-state index contributed by atoms with van der Waals surface area (Å²) in [4.78, 5) is 0.365. The molecule has 0 bridgehead atoms. The van der Waals surface area contributed by atoms with Crippen LogP contribution in [0.5, 0.6) is 0 Å².